The molecule has 1 aliphatic heterocycles. The molecule has 0 aliphatic carbocycles. The van der Waals surface area contributed by atoms with Gasteiger partial charge in [-0.3, -0.25) is 9.69 Å². The largest absolute Gasteiger partial charge is 0.409 e. The summed E-state index contributed by atoms with van der Waals surface area (Å²) in [6.45, 7) is 2.09. The maximum Gasteiger partial charge on any atom is 0.253 e. The minimum absolute atomic E-state index is 0.0568. The summed E-state index contributed by atoms with van der Waals surface area (Å²) in [6.07, 6.45) is 1.71. The Kier molecular flexibility index (Phi) is 6.03. The number of oxime groups is 1. The molecule has 1 aromatic heterocycles. The molecule has 0 atom stereocenters. The van der Waals surface area contributed by atoms with E-state index in [-0.39, 0.29) is 17.8 Å². The lowest BCUT2D eigenvalue weighted by Gasteiger charge is -2.31. The van der Waals surface area contributed by atoms with Gasteiger partial charge in [0.25, 0.3) is 5.91 Å². The van der Waals surface area contributed by atoms with Crippen LogP contribution in [0.5, 0.6) is 0 Å². The average Bonchev–Trinajstić information content (AvgIpc) is 2.80. The molecule has 1 fully saturated rings. The van der Waals surface area contributed by atoms with Crippen molar-refractivity contribution in [3.8, 4) is 0 Å². The van der Waals surface area contributed by atoms with Crippen molar-refractivity contribution >= 4 is 54.9 Å². The van der Waals surface area contributed by atoms with Crippen molar-refractivity contribution in [3.63, 3.8) is 0 Å². The molecule has 2 rings (SSSR count). The van der Waals surface area contributed by atoms with Crippen LogP contribution in [0.1, 0.15) is 23.2 Å². The van der Waals surface area contributed by atoms with Crippen LogP contribution in [0.3, 0.4) is 0 Å². The molecule has 0 bridgehead atoms. The summed E-state index contributed by atoms with van der Waals surface area (Å²) in [5.41, 5.74) is 6.15. The Morgan fingerprint density at radius 1 is 1.52 bits per heavy atom. The number of hydrogen-bond acceptors (Lipinski definition) is 5. The van der Waals surface area contributed by atoms with Crippen LogP contribution in [-0.2, 0) is 0 Å². The summed E-state index contributed by atoms with van der Waals surface area (Å²) in [5.74, 6) is 0.156. The third kappa shape index (κ3) is 4.67. The second kappa shape index (κ2) is 7.57. The number of rotatable bonds is 4. The quantitative estimate of drug-likeness (QED) is 0.290. The van der Waals surface area contributed by atoms with Crippen molar-refractivity contribution in [1.29, 1.82) is 0 Å². The van der Waals surface area contributed by atoms with Gasteiger partial charge < -0.3 is 16.3 Å². The fourth-order valence-electron chi connectivity index (χ4n) is 2.25. The normalized spacial score (nSPS) is 17.9. The molecule has 1 aliphatic rings. The number of nitrogens with one attached hydrogen (secondary N) is 1. The van der Waals surface area contributed by atoms with Crippen LogP contribution in [0.25, 0.3) is 0 Å². The van der Waals surface area contributed by atoms with Gasteiger partial charge in [0.2, 0.25) is 0 Å². The van der Waals surface area contributed by atoms with Gasteiger partial charge in [0, 0.05) is 19.1 Å². The highest BCUT2D eigenvalue weighted by Crippen LogP contribution is 2.31. The predicted octanol–water partition coefficient (Wildman–Crippen LogP) is 2.21. The monoisotopic (exact) mass is 438 g/mol. The Morgan fingerprint density at radius 3 is 2.71 bits per heavy atom. The molecule has 0 unspecified atom stereocenters. The van der Waals surface area contributed by atoms with Crippen molar-refractivity contribution in [1.82, 2.24) is 10.2 Å². The molecule has 116 valence electrons. The van der Waals surface area contributed by atoms with Crippen molar-refractivity contribution in [3.05, 3.63) is 19.2 Å². The Hall–Kier alpha value is -0.640. The Balaban J connectivity index is 1.83. The number of halogens is 2. The first-order chi connectivity index (χ1) is 9.99. The van der Waals surface area contributed by atoms with Crippen LogP contribution in [0.15, 0.2) is 18.8 Å². The number of carbonyl (C=O) groups excluding carboxylic acids is 1. The second-order valence-corrected chi connectivity index (χ2v) is 8.60. The molecule has 21 heavy (non-hydrogen) atoms. The SMILES string of the molecule is N/C(CN1CCC(NC(=O)c2cc(Br)sc2Br)CC1)=N/O. The molecule has 9 heteroatoms. The van der Waals surface area contributed by atoms with Gasteiger partial charge in [0.1, 0.15) is 0 Å². The van der Waals surface area contributed by atoms with Gasteiger partial charge in [0.15, 0.2) is 5.84 Å². The number of likely N-dealkylation sites (tertiary alicyclic amines) is 1. The summed E-state index contributed by atoms with van der Waals surface area (Å²) >= 11 is 8.25. The second-order valence-electron chi connectivity index (χ2n) is 4.85. The Labute approximate surface area is 143 Å². The van der Waals surface area contributed by atoms with E-state index in [9.17, 15) is 4.79 Å². The van der Waals surface area contributed by atoms with E-state index in [1.54, 1.807) is 0 Å². The first kappa shape index (κ1) is 16.7. The third-order valence-corrected chi connectivity index (χ3v) is 5.68. The van der Waals surface area contributed by atoms with Gasteiger partial charge in [-0.15, -0.1) is 11.3 Å². The number of nitrogens with zero attached hydrogens (tertiary/aromatic N) is 2. The van der Waals surface area contributed by atoms with Crippen molar-refractivity contribution in [2.45, 2.75) is 18.9 Å². The zero-order valence-electron chi connectivity index (χ0n) is 11.2. The van der Waals surface area contributed by atoms with Gasteiger partial charge in [-0.2, -0.15) is 0 Å². The highest BCUT2D eigenvalue weighted by molar-refractivity contribution is 9.12. The molecule has 0 saturated carbocycles. The molecule has 6 nitrogen and oxygen atoms in total. The average molecular weight is 440 g/mol. The third-order valence-electron chi connectivity index (χ3n) is 3.34. The van der Waals surface area contributed by atoms with Gasteiger partial charge in [-0.25, -0.2) is 0 Å². The zero-order valence-corrected chi connectivity index (χ0v) is 15.2. The fourth-order valence-corrected chi connectivity index (χ4v) is 5.05. The molecule has 0 aromatic carbocycles. The first-order valence-corrected chi connectivity index (χ1v) is 8.84. The standard InChI is InChI=1S/C12H16Br2N4O2S/c13-9-5-8(11(14)21-9)12(19)16-7-1-3-18(4-2-7)6-10(15)17-20/h5,7,20H,1-4,6H2,(H2,15,17)(H,16,19). The number of piperidine rings is 1. The van der Waals surface area contributed by atoms with E-state index >= 15 is 0 Å². The zero-order chi connectivity index (χ0) is 15.4. The predicted molar refractivity (Wildman–Crippen MR) is 90.1 cm³/mol. The Morgan fingerprint density at radius 2 is 2.19 bits per heavy atom. The van der Waals surface area contributed by atoms with Crippen LogP contribution >= 0.6 is 43.2 Å². The van der Waals surface area contributed by atoms with E-state index in [4.69, 9.17) is 10.9 Å². The van der Waals surface area contributed by atoms with Gasteiger partial charge in [0.05, 0.1) is 19.7 Å². The number of nitrogens with two attached hydrogens (primary N) is 1. The molecule has 1 saturated heterocycles. The van der Waals surface area contributed by atoms with Gasteiger partial charge in [-0.05, 0) is 50.8 Å². The lowest BCUT2D eigenvalue weighted by atomic mass is 10.0. The molecular weight excluding hydrogens is 424 g/mol. The number of carbonyl (C=O) groups is 1. The van der Waals surface area contributed by atoms with Crippen LogP contribution in [0.4, 0.5) is 0 Å². The molecule has 1 amide bonds. The van der Waals surface area contributed by atoms with E-state index in [2.05, 4.69) is 47.2 Å². The molecule has 0 spiro atoms. The van der Waals surface area contributed by atoms with E-state index in [1.165, 1.54) is 11.3 Å². The minimum atomic E-state index is -0.0568. The van der Waals surface area contributed by atoms with Crippen LogP contribution in [0.2, 0.25) is 0 Å². The van der Waals surface area contributed by atoms with Gasteiger partial charge in [-0.1, -0.05) is 5.16 Å². The lowest BCUT2D eigenvalue weighted by molar-refractivity contribution is 0.0914. The summed E-state index contributed by atoms with van der Waals surface area (Å²) in [7, 11) is 0. The highest BCUT2D eigenvalue weighted by Gasteiger charge is 2.23. The minimum Gasteiger partial charge on any atom is -0.409 e. The molecule has 4 N–H and O–H groups in total. The van der Waals surface area contributed by atoms with Crippen molar-refractivity contribution in [2.24, 2.45) is 10.9 Å². The van der Waals surface area contributed by atoms with Crippen LogP contribution in [-0.4, -0.2) is 47.5 Å². The molecule has 2 heterocycles. The highest BCUT2D eigenvalue weighted by atomic mass is 79.9. The maximum absolute atomic E-state index is 12.2. The molecular formula is C12H16Br2N4O2S. The van der Waals surface area contributed by atoms with Crippen LogP contribution in [0, 0.1) is 0 Å². The van der Waals surface area contributed by atoms with E-state index in [1.807, 2.05) is 6.07 Å². The van der Waals surface area contributed by atoms with Crippen LogP contribution < -0.4 is 11.1 Å². The van der Waals surface area contributed by atoms with Gasteiger partial charge >= 0.3 is 0 Å². The lowest BCUT2D eigenvalue weighted by Crippen LogP contribution is -2.46. The van der Waals surface area contributed by atoms with E-state index in [0.29, 0.717) is 12.1 Å². The summed E-state index contributed by atoms with van der Waals surface area (Å²) < 4.78 is 1.75. The topological polar surface area (TPSA) is 91.0 Å². The van der Waals surface area contributed by atoms with E-state index < -0.39 is 0 Å². The number of amidine groups is 1. The Bertz CT molecular complexity index is 541. The summed E-state index contributed by atoms with van der Waals surface area (Å²) in [5, 5.41) is 14.6. The van der Waals surface area contributed by atoms with Crippen molar-refractivity contribution < 1.29 is 10.0 Å². The first-order valence-electron chi connectivity index (χ1n) is 6.44. The number of thiophene rings is 1. The smallest absolute Gasteiger partial charge is 0.253 e. The molecule has 1 aromatic rings. The summed E-state index contributed by atoms with van der Waals surface area (Å²) in [4.78, 5) is 14.3. The molecule has 0 radical (unpaired) electrons. The van der Waals surface area contributed by atoms with Crippen molar-refractivity contribution in [2.75, 3.05) is 19.6 Å². The fraction of sp³-hybridized carbons (Fsp3) is 0.500. The van der Waals surface area contributed by atoms with E-state index in [0.717, 1.165) is 33.5 Å². The number of amides is 1. The summed E-state index contributed by atoms with van der Waals surface area (Å²) in [6, 6.07) is 1.98. The number of hydrogen-bond donors (Lipinski definition) is 3. The maximum atomic E-state index is 12.2.